The van der Waals surface area contributed by atoms with Gasteiger partial charge in [-0.15, -0.1) is 0 Å². The van der Waals surface area contributed by atoms with Crippen LogP contribution in [0.25, 0.3) is 65.8 Å². The lowest BCUT2D eigenvalue weighted by atomic mass is 9.82. The number of hydrogen-bond acceptors (Lipinski definition) is 3. The van der Waals surface area contributed by atoms with E-state index in [1.165, 1.54) is 27.6 Å². The van der Waals surface area contributed by atoms with E-state index in [-0.39, 0.29) is 5.41 Å². The SMILES string of the molecule is CC1(C)c2ccccc2-c2ccc(N(c3cccc4c3oc3c5ccccc5ccc43)c3cccc4oc5ccccc5c34)cc21. The van der Waals surface area contributed by atoms with Crippen molar-refractivity contribution in [1.82, 2.24) is 0 Å². The maximum absolute atomic E-state index is 6.92. The number of nitrogens with zero attached hydrogens (tertiary/aromatic N) is 1. The fourth-order valence-electron chi connectivity index (χ4n) is 7.87. The molecule has 0 N–H and O–H groups in total. The molecule has 0 saturated carbocycles. The van der Waals surface area contributed by atoms with Gasteiger partial charge < -0.3 is 13.7 Å². The molecule has 0 saturated heterocycles. The number of benzene rings is 7. The highest BCUT2D eigenvalue weighted by atomic mass is 16.3. The van der Waals surface area contributed by atoms with Crippen molar-refractivity contribution in [3.63, 3.8) is 0 Å². The molecule has 218 valence electrons. The average Bonchev–Trinajstić information content (AvgIpc) is 3.74. The Morgan fingerprint density at radius 1 is 0.478 bits per heavy atom. The second kappa shape index (κ2) is 9.12. The van der Waals surface area contributed by atoms with Gasteiger partial charge in [0, 0.05) is 32.6 Å². The number of para-hydroxylation sites is 2. The Morgan fingerprint density at radius 3 is 2.11 bits per heavy atom. The van der Waals surface area contributed by atoms with Gasteiger partial charge in [-0.05, 0) is 70.1 Å². The van der Waals surface area contributed by atoms with Gasteiger partial charge in [0.05, 0.1) is 16.8 Å². The topological polar surface area (TPSA) is 29.5 Å². The first-order valence-corrected chi connectivity index (χ1v) is 15.9. The third-order valence-corrected chi connectivity index (χ3v) is 10.1. The quantitative estimate of drug-likeness (QED) is 0.205. The monoisotopic (exact) mass is 591 g/mol. The third kappa shape index (κ3) is 3.37. The number of fused-ring (bicyclic) bond motifs is 11. The van der Waals surface area contributed by atoms with E-state index in [2.05, 4.69) is 146 Å². The van der Waals surface area contributed by atoms with Crippen molar-refractivity contribution >= 4 is 71.7 Å². The summed E-state index contributed by atoms with van der Waals surface area (Å²) < 4.78 is 13.3. The second-order valence-electron chi connectivity index (χ2n) is 12.9. The van der Waals surface area contributed by atoms with Gasteiger partial charge in [0.25, 0.3) is 0 Å². The minimum absolute atomic E-state index is 0.133. The van der Waals surface area contributed by atoms with Gasteiger partial charge in [-0.3, -0.25) is 0 Å². The molecule has 1 aliphatic carbocycles. The van der Waals surface area contributed by atoms with Gasteiger partial charge in [-0.25, -0.2) is 0 Å². The summed E-state index contributed by atoms with van der Waals surface area (Å²) in [6.45, 7) is 4.67. The Kier molecular flexibility index (Phi) is 5.06. The molecule has 9 aromatic rings. The molecule has 3 nitrogen and oxygen atoms in total. The summed E-state index contributed by atoms with van der Waals surface area (Å²) in [6.07, 6.45) is 0. The lowest BCUT2D eigenvalue weighted by Crippen LogP contribution is -2.16. The number of hydrogen-bond donors (Lipinski definition) is 0. The fraction of sp³-hybridized carbons (Fsp3) is 0.0698. The Balaban J connectivity index is 1.30. The van der Waals surface area contributed by atoms with Crippen LogP contribution in [0.4, 0.5) is 17.1 Å². The van der Waals surface area contributed by atoms with E-state index >= 15 is 0 Å². The zero-order chi connectivity index (χ0) is 30.6. The van der Waals surface area contributed by atoms with Crippen molar-refractivity contribution in [1.29, 1.82) is 0 Å². The van der Waals surface area contributed by atoms with E-state index < -0.39 is 0 Å². The largest absolute Gasteiger partial charge is 0.456 e. The summed E-state index contributed by atoms with van der Waals surface area (Å²) in [5.74, 6) is 0. The Hall–Kier alpha value is -5.80. The second-order valence-corrected chi connectivity index (χ2v) is 12.9. The summed E-state index contributed by atoms with van der Waals surface area (Å²) in [5.41, 5.74) is 11.8. The maximum Gasteiger partial charge on any atom is 0.159 e. The molecule has 0 atom stereocenters. The zero-order valence-electron chi connectivity index (χ0n) is 25.5. The van der Waals surface area contributed by atoms with Gasteiger partial charge in [0.2, 0.25) is 0 Å². The molecule has 3 heteroatoms. The lowest BCUT2D eigenvalue weighted by molar-refractivity contribution is 0.660. The molecule has 7 aromatic carbocycles. The Labute approximate surface area is 265 Å². The van der Waals surface area contributed by atoms with E-state index in [9.17, 15) is 0 Å². The minimum atomic E-state index is -0.133. The summed E-state index contributed by atoms with van der Waals surface area (Å²) in [5, 5.41) is 6.68. The lowest BCUT2D eigenvalue weighted by Gasteiger charge is -2.28. The highest BCUT2D eigenvalue weighted by molar-refractivity contribution is 6.19. The minimum Gasteiger partial charge on any atom is -0.456 e. The normalized spacial score (nSPS) is 13.6. The summed E-state index contributed by atoms with van der Waals surface area (Å²) >= 11 is 0. The van der Waals surface area contributed by atoms with Gasteiger partial charge in [-0.2, -0.15) is 0 Å². The highest BCUT2D eigenvalue weighted by Gasteiger charge is 2.36. The molecule has 2 heterocycles. The standard InChI is InChI=1S/C43H29NO2/c1-43(2)34-16-7-5-13-29(34)30-24-22-27(25-35(30)43)44(36-17-10-20-39-40(36)33-14-6-8-19-38(33)45-39)37-18-9-15-31-32-23-21-26-11-3-4-12-28(26)41(32)46-42(31)37/h3-25H,1-2H3. The van der Waals surface area contributed by atoms with Crippen LogP contribution in [0.2, 0.25) is 0 Å². The molecule has 46 heavy (non-hydrogen) atoms. The van der Waals surface area contributed by atoms with Crippen LogP contribution < -0.4 is 4.90 Å². The predicted octanol–water partition coefficient (Wildman–Crippen LogP) is 12.4. The molecule has 0 spiro atoms. The predicted molar refractivity (Wildman–Crippen MR) is 191 cm³/mol. The van der Waals surface area contributed by atoms with Gasteiger partial charge >= 0.3 is 0 Å². The van der Waals surface area contributed by atoms with Gasteiger partial charge in [0.1, 0.15) is 16.7 Å². The highest BCUT2D eigenvalue weighted by Crippen LogP contribution is 2.52. The van der Waals surface area contributed by atoms with Crippen molar-refractivity contribution in [2.24, 2.45) is 0 Å². The molecular formula is C43H29NO2. The van der Waals surface area contributed by atoms with Crippen LogP contribution in [0.3, 0.4) is 0 Å². The molecule has 10 rings (SSSR count). The molecule has 0 unspecified atom stereocenters. The first-order chi connectivity index (χ1) is 22.6. The number of rotatable bonds is 3. The molecule has 0 bridgehead atoms. The van der Waals surface area contributed by atoms with Crippen molar-refractivity contribution < 1.29 is 8.83 Å². The van der Waals surface area contributed by atoms with E-state index in [0.29, 0.717) is 0 Å². The molecule has 0 radical (unpaired) electrons. The summed E-state index contributed by atoms with van der Waals surface area (Å²) in [4.78, 5) is 2.37. The number of furan rings is 2. The van der Waals surface area contributed by atoms with Crippen molar-refractivity contribution in [3.05, 3.63) is 151 Å². The van der Waals surface area contributed by atoms with E-state index in [0.717, 1.165) is 66.3 Å². The number of anilines is 3. The van der Waals surface area contributed by atoms with E-state index in [1.807, 2.05) is 12.1 Å². The fourth-order valence-corrected chi connectivity index (χ4v) is 7.87. The zero-order valence-corrected chi connectivity index (χ0v) is 25.5. The van der Waals surface area contributed by atoms with Gasteiger partial charge in [-0.1, -0.05) is 111 Å². The maximum atomic E-state index is 6.92. The molecule has 1 aliphatic rings. The smallest absolute Gasteiger partial charge is 0.159 e. The molecular weight excluding hydrogens is 562 g/mol. The Morgan fingerprint density at radius 2 is 1.17 bits per heavy atom. The van der Waals surface area contributed by atoms with Crippen molar-refractivity contribution in [2.75, 3.05) is 4.90 Å². The van der Waals surface area contributed by atoms with E-state index in [4.69, 9.17) is 8.83 Å². The molecule has 0 fully saturated rings. The molecule has 2 aromatic heterocycles. The molecule has 0 amide bonds. The van der Waals surface area contributed by atoms with Crippen LogP contribution in [-0.2, 0) is 5.41 Å². The van der Waals surface area contributed by atoms with Crippen LogP contribution >= 0.6 is 0 Å². The van der Waals surface area contributed by atoms with Gasteiger partial charge in [0.15, 0.2) is 5.58 Å². The average molecular weight is 592 g/mol. The first-order valence-electron chi connectivity index (χ1n) is 15.9. The van der Waals surface area contributed by atoms with Crippen LogP contribution in [0.15, 0.2) is 148 Å². The summed E-state index contributed by atoms with van der Waals surface area (Å²) in [7, 11) is 0. The first kappa shape index (κ1) is 25.5. The Bertz CT molecular complexity index is 2690. The van der Waals surface area contributed by atoms with E-state index in [1.54, 1.807) is 0 Å². The third-order valence-electron chi connectivity index (χ3n) is 10.1. The van der Waals surface area contributed by atoms with Crippen LogP contribution in [-0.4, -0.2) is 0 Å². The summed E-state index contributed by atoms with van der Waals surface area (Å²) in [6, 6.07) is 49.7. The molecule has 0 aliphatic heterocycles. The van der Waals surface area contributed by atoms with Crippen LogP contribution in [0, 0.1) is 0 Å². The van der Waals surface area contributed by atoms with Crippen molar-refractivity contribution in [3.8, 4) is 11.1 Å². The van der Waals surface area contributed by atoms with Crippen molar-refractivity contribution in [2.45, 2.75) is 19.3 Å². The van der Waals surface area contributed by atoms with Crippen LogP contribution in [0.1, 0.15) is 25.0 Å². The van der Waals surface area contributed by atoms with Crippen LogP contribution in [0.5, 0.6) is 0 Å².